The lowest BCUT2D eigenvalue weighted by atomic mass is 9.70. The second-order valence-corrected chi connectivity index (χ2v) is 12.6. The molecule has 0 spiro atoms. The van der Waals surface area contributed by atoms with Gasteiger partial charge in [0, 0.05) is 31.2 Å². The van der Waals surface area contributed by atoms with E-state index in [0.29, 0.717) is 18.1 Å². The molecule has 3 aliphatic heterocycles. The molecule has 1 amide bonds. The average Bonchev–Trinajstić information content (AvgIpc) is 3.65. The van der Waals surface area contributed by atoms with Crippen molar-refractivity contribution in [3.8, 4) is 6.07 Å². The van der Waals surface area contributed by atoms with Crippen LogP contribution in [0, 0.1) is 23.7 Å². The van der Waals surface area contributed by atoms with Crippen molar-refractivity contribution in [3.63, 3.8) is 0 Å². The molecule has 7 rings (SSSR count). The molecular formula is C33H39N5O. The standard InChI is InChI=1S/C33H39N5O/c1-24-35-29-9-5-6-10-30(29)38(24)28-21-26-11-12-27(22-28)37(26)20-17-32(25-7-3-2-4-8-25)15-18-36(19-16-32)31(39)33(23-34)13-14-33/h2-10,26-28H,11-22H2,1H3/t26-,27+,28+. The molecule has 4 fully saturated rings. The highest BCUT2D eigenvalue weighted by Crippen LogP contribution is 2.49. The largest absolute Gasteiger partial charge is 0.341 e. The van der Waals surface area contributed by atoms with Gasteiger partial charge in [-0.3, -0.25) is 9.69 Å². The van der Waals surface area contributed by atoms with Crippen LogP contribution in [0.1, 0.15) is 75.2 Å². The minimum atomic E-state index is -0.713. The van der Waals surface area contributed by atoms with Crippen molar-refractivity contribution in [2.45, 2.75) is 88.3 Å². The van der Waals surface area contributed by atoms with E-state index in [4.69, 9.17) is 4.98 Å². The molecule has 4 aliphatic rings. The fraction of sp³-hybridized carbons (Fsp3) is 0.545. The molecule has 3 aromatic rings. The van der Waals surface area contributed by atoms with Gasteiger partial charge in [0.2, 0.25) is 5.91 Å². The second-order valence-electron chi connectivity index (χ2n) is 12.6. The molecule has 202 valence electrons. The predicted octanol–water partition coefficient (Wildman–Crippen LogP) is 5.77. The summed E-state index contributed by atoms with van der Waals surface area (Å²) in [4.78, 5) is 22.8. The molecule has 3 atom stereocenters. The maximum Gasteiger partial charge on any atom is 0.243 e. The van der Waals surface area contributed by atoms with Crippen LogP contribution in [0.3, 0.4) is 0 Å². The Labute approximate surface area is 231 Å². The molecule has 3 saturated heterocycles. The van der Waals surface area contributed by atoms with E-state index in [9.17, 15) is 10.1 Å². The van der Waals surface area contributed by atoms with Crippen LogP contribution in [0.15, 0.2) is 54.6 Å². The first kappa shape index (κ1) is 24.8. The lowest BCUT2D eigenvalue weighted by molar-refractivity contribution is -0.136. The first-order chi connectivity index (χ1) is 19.0. The number of piperidine rings is 2. The number of likely N-dealkylation sites (tertiary alicyclic amines) is 1. The average molecular weight is 522 g/mol. The van der Waals surface area contributed by atoms with Gasteiger partial charge in [-0.25, -0.2) is 4.98 Å². The van der Waals surface area contributed by atoms with Crippen LogP contribution in [0.4, 0.5) is 0 Å². The summed E-state index contributed by atoms with van der Waals surface area (Å²) in [5.41, 5.74) is 3.19. The van der Waals surface area contributed by atoms with Crippen molar-refractivity contribution < 1.29 is 4.79 Å². The number of aryl methyl sites for hydroxylation is 1. The van der Waals surface area contributed by atoms with Crippen molar-refractivity contribution in [1.82, 2.24) is 19.4 Å². The van der Waals surface area contributed by atoms with Gasteiger partial charge >= 0.3 is 0 Å². The van der Waals surface area contributed by atoms with Crippen LogP contribution in [0.5, 0.6) is 0 Å². The van der Waals surface area contributed by atoms with Crippen molar-refractivity contribution in [3.05, 3.63) is 66.0 Å². The Morgan fingerprint density at radius 1 is 0.949 bits per heavy atom. The highest BCUT2D eigenvalue weighted by atomic mass is 16.2. The van der Waals surface area contributed by atoms with Gasteiger partial charge < -0.3 is 9.47 Å². The molecule has 4 heterocycles. The van der Waals surface area contributed by atoms with Gasteiger partial charge in [-0.1, -0.05) is 42.5 Å². The van der Waals surface area contributed by atoms with Crippen LogP contribution in [0.2, 0.25) is 0 Å². The maximum atomic E-state index is 13.1. The number of rotatable bonds is 6. The highest BCUT2D eigenvalue weighted by molar-refractivity contribution is 5.88. The van der Waals surface area contributed by atoms with Gasteiger partial charge in [0.25, 0.3) is 0 Å². The fourth-order valence-corrected chi connectivity index (χ4v) is 8.20. The Kier molecular flexibility index (Phi) is 6.04. The smallest absolute Gasteiger partial charge is 0.243 e. The van der Waals surface area contributed by atoms with E-state index in [2.05, 4.69) is 77.1 Å². The summed E-state index contributed by atoms with van der Waals surface area (Å²) in [5, 5.41) is 9.56. The normalized spacial score (nSPS) is 27.4. The summed E-state index contributed by atoms with van der Waals surface area (Å²) >= 11 is 0. The summed E-state index contributed by atoms with van der Waals surface area (Å²) in [6, 6.07) is 23.7. The topological polar surface area (TPSA) is 65.2 Å². The van der Waals surface area contributed by atoms with Crippen LogP contribution in [-0.4, -0.2) is 57.0 Å². The first-order valence-electron chi connectivity index (χ1n) is 15.0. The van der Waals surface area contributed by atoms with Gasteiger partial charge in [0.05, 0.1) is 17.1 Å². The molecule has 2 aromatic carbocycles. The lowest BCUT2D eigenvalue weighted by Crippen LogP contribution is -2.50. The summed E-state index contributed by atoms with van der Waals surface area (Å²) in [5.74, 6) is 1.22. The van der Waals surface area contributed by atoms with Crippen LogP contribution in [0.25, 0.3) is 11.0 Å². The Hall–Kier alpha value is -3.17. The van der Waals surface area contributed by atoms with E-state index in [1.54, 1.807) is 0 Å². The van der Waals surface area contributed by atoms with E-state index in [-0.39, 0.29) is 11.3 Å². The predicted molar refractivity (Wildman–Crippen MR) is 152 cm³/mol. The summed E-state index contributed by atoms with van der Waals surface area (Å²) in [6.07, 6.45) is 9.56. The van der Waals surface area contributed by atoms with Gasteiger partial charge in [0.1, 0.15) is 11.2 Å². The molecule has 0 N–H and O–H groups in total. The number of para-hydroxylation sites is 2. The zero-order valence-electron chi connectivity index (χ0n) is 23.1. The number of nitrogens with zero attached hydrogens (tertiary/aromatic N) is 5. The third-order valence-corrected chi connectivity index (χ3v) is 10.6. The van der Waals surface area contributed by atoms with Gasteiger partial charge in [-0.15, -0.1) is 0 Å². The maximum absolute atomic E-state index is 13.1. The number of carbonyl (C=O) groups is 1. The molecular weight excluding hydrogens is 482 g/mol. The first-order valence-corrected chi connectivity index (χ1v) is 15.0. The van der Waals surface area contributed by atoms with Crippen molar-refractivity contribution in [2.75, 3.05) is 19.6 Å². The number of fused-ring (bicyclic) bond motifs is 3. The van der Waals surface area contributed by atoms with E-state index < -0.39 is 5.41 Å². The molecule has 2 bridgehead atoms. The van der Waals surface area contributed by atoms with E-state index >= 15 is 0 Å². The number of amides is 1. The molecule has 6 nitrogen and oxygen atoms in total. The summed E-state index contributed by atoms with van der Waals surface area (Å²) in [7, 11) is 0. The third kappa shape index (κ3) is 4.17. The van der Waals surface area contributed by atoms with Gasteiger partial charge in [-0.2, -0.15) is 5.26 Å². The van der Waals surface area contributed by atoms with Crippen molar-refractivity contribution in [2.24, 2.45) is 5.41 Å². The van der Waals surface area contributed by atoms with Crippen molar-refractivity contribution in [1.29, 1.82) is 5.26 Å². The minimum Gasteiger partial charge on any atom is -0.341 e. The van der Waals surface area contributed by atoms with Crippen molar-refractivity contribution >= 4 is 16.9 Å². The Balaban J connectivity index is 1.07. The molecule has 1 aromatic heterocycles. The molecule has 0 radical (unpaired) electrons. The minimum absolute atomic E-state index is 0.0779. The third-order valence-electron chi connectivity index (χ3n) is 10.6. The molecule has 0 unspecified atom stereocenters. The quantitative estimate of drug-likeness (QED) is 0.413. The zero-order chi connectivity index (χ0) is 26.6. The summed E-state index contributed by atoms with van der Waals surface area (Å²) < 4.78 is 2.52. The second kappa shape index (κ2) is 9.48. The number of nitriles is 1. The zero-order valence-corrected chi connectivity index (χ0v) is 23.1. The molecule has 39 heavy (non-hydrogen) atoms. The lowest BCUT2D eigenvalue weighted by Gasteiger charge is -2.46. The number of hydrogen-bond donors (Lipinski definition) is 0. The number of aromatic nitrogens is 2. The van der Waals surface area contributed by atoms with Gasteiger partial charge in [-0.05, 0) is 94.4 Å². The van der Waals surface area contributed by atoms with E-state index in [0.717, 1.165) is 63.1 Å². The van der Waals surface area contributed by atoms with Gasteiger partial charge in [0.15, 0.2) is 0 Å². The fourth-order valence-electron chi connectivity index (χ4n) is 8.20. The van der Waals surface area contributed by atoms with E-state index in [1.165, 1.54) is 36.8 Å². The number of hydrogen-bond acceptors (Lipinski definition) is 4. The Bertz CT molecular complexity index is 1390. The number of carbonyl (C=O) groups excluding carboxylic acids is 1. The van der Waals surface area contributed by atoms with Crippen LogP contribution >= 0.6 is 0 Å². The van der Waals surface area contributed by atoms with Crippen LogP contribution < -0.4 is 0 Å². The molecule has 6 heteroatoms. The molecule has 1 aliphatic carbocycles. The Morgan fingerprint density at radius 3 is 2.28 bits per heavy atom. The SMILES string of the molecule is Cc1nc2ccccc2n1[C@H]1C[C@H]2CC[C@@H](C1)N2CCC1(c2ccccc2)CCN(C(=O)C2(C#N)CC2)CC1. The highest BCUT2D eigenvalue weighted by Gasteiger charge is 2.53. The number of benzene rings is 2. The molecule has 1 saturated carbocycles. The van der Waals surface area contributed by atoms with E-state index in [1.807, 2.05) is 4.90 Å². The van der Waals surface area contributed by atoms with Crippen LogP contribution in [-0.2, 0) is 10.2 Å². The summed E-state index contributed by atoms with van der Waals surface area (Å²) in [6.45, 7) is 4.81. The number of imidazole rings is 1. The monoisotopic (exact) mass is 521 g/mol. The Morgan fingerprint density at radius 2 is 1.62 bits per heavy atom.